The molecular weight excluding hydrogens is 146 g/mol. The van der Waals surface area contributed by atoms with Gasteiger partial charge in [-0.15, -0.1) is 11.6 Å². The number of quaternary nitrogens is 1. The van der Waals surface area contributed by atoms with Crippen LogP contribution in [0.4, 0.5) is 0 Å². The van der Waals surface area contributed by atoms with Crippen LogP contribution in [0, 0.1) is 0 Å². The Hall–Kier alpha value is -0.0100. The molecule has 2 heteroatoms. The Labute approximate surface area is 68.9 Å². The first kappa shape index (κ1) is 9.99. The molecule has 0 aliphatic carbocycles. The molecule has 0 atom stereocenters. The smallest absolute Gasteiger partial charge is 0.0994 e. The van der Waals surface area contributed by atoms with Gasteiger partial charge in [-0.3, -0.25) is 0 Å². The summed E-state index contributed by atoms with van der Waals surface area (Å²) in [5.74, 6) is 0.631. The molecule has 0 unspecified atom stereocenters. The summed E-state index contributed by atoms with van der Waals surface area (Å²) in [6.07, 6.45) is 2.06. The van der Waals surface area contributed by atoms with Crippen LogP contribution in [0.25, 0.3) is 0 Å². The molecule has 0 spiro atoms. The van der Waals surface area contributed by atoms with Gasteiger partial charge in [-0.2, -0.15) is 0 Å². The quantitative estimate of drug-likeness (QED) is 0.338. The maximum absolute atomic E-state index is 5.54. The van der Waals surface area contributed by atoms with Gasteiger partial charge in [-0.1, -0.05) is 6.08 Å². The van der Waals surface area contributed by atoms with E-state index < -0.39 is 0 Å². The van der Waals surface area contributed by atoms with Gasteiger partial charge in [-0.05, 0) is 12.5 Å². The Morgan fingerprint density at radius 3 is 2.20 bits per heavy atom. The summed E-state index contributed by atoms with van der Waals surface area (Å²) < 4.78 is 0.971. The summed E-state index contributed by atoms with van der Waals surface area (Å²) in [5.41, 5.74) is 1.36. The summed E-state index contributed by atoms with van der Waals surface area (Å²) in [7, 11) is 6.52. The van der Waals surface area contributed by atoms with Crippen LogP contribution in [0.2, 0.25) is 0 Å². The Morgan fingerprint density at radius 2 is 1.90 bits per heavy atom. The maximum Gasteiger partial charge on any atom is 0.0994 e. The standard InChI is InChI=1S/C8H17ClN/c1-8(5-6-9)7-10(2,3)4/h5H,6-7H2,1-4H3/q+1. The van der Waals surface area contributed by atoms with E-state index in [1.54, 1.807) is 0 Å². The van der Waals surface area contributed by atoms with E-state index in [-0.39, 0.29) is 0 Å². The third-order valence-corrected chi connectivity index (χ3v) is 1.30. The Kier molecular flexibility index (Phi) is 3.99. The number of nitrogens with zero attached hydrogens (tertiary/aromatic N) is 1. The fourth-order valence-corrected chi connectivity index (χ4v) is 1.21. The van der Waals surface area contributed by atoms with Crippen LogP contribution < -0.4 is 0 Å². The molecule has 60 valence electrons. The van der Waals surface area contributed by atoms with E-state index in [4.69, 9.17) is 11.6 Å². The zero-order valence-corrected chi connectivity index (χ0v) is 8.07. The molecule has 0 aromatic heterocycles. The normalized spacial score (nSPS) is 13.9. The number of likely N-dealkylation sites (N-methyl/N-ethyl adjacent to an activating group) is 1. The van der Waals surface area contributed by atoms with Crippen molar-refractivity contribution in [2.24, 2.45) is 0 Å². The van der Waals surface area contributed by atoms with Crippen LogP contribution in [0.5, 0.6) is 0 Å². The third kappa shape index (κ3) is 6.12. The van der Waals surface area contributed by atoms with Gasteiger partial charge in [-0.25, -0.2) is 0 Å². The lowest BCUT2D eigenvalue weighted by Gasteiger charge is -2.24. The van der Waals surface area contributed by atoms with E-state index in [1.165, 1.54) is 5.57 Å². The van der Waals surface area contributed by atoms with Crippen molar-refractivity contribution >= 4 is 11.6 Å². The first-order valence-electron chi connectivity index (χ1n) is 3.48. The second kappa shape index (κ2) is 3.99. The summed E-state index contributed by atoms with van der Waals surface area (Å²) in [5, 5.41) is 0. The summed E-state index contributed by atoms with van der Waals surface area (Å²) in [6.45, 7) is 3.19. The highest BCUT2D eigenvalue weighted by molar-refractivity contribution is 6.18. The number of hydrogen-bond donors (Lipinski definition) is 0. The summed E-state index contributed by atoms with van der Waals surface area (Å²) >= 11 is 5.54. The summed E-state index contributed by atoms with van der Waals surface area (Å²) in [4.78, 5) is 0. The highest BCUT2D eigenvalue weighted by Crippen LogP contribution is 2.00. The van der Waals surface area contributed by atoms with Gasteiger partial charge in [0.2, 0.25) is 0 Å². The van der Waals surface area contributed by atoms with E-state index in [2.05, 4.69) is 34.1 Å². The van der Waals surface area contributed by atoms with E-state index in [0.29, 0.717) is 5.88 Å². The zero-order chi connectivity index (χ0) is 8.20. The van der Waals surface area contributed by atoms with Crippen molar-refractivity contribution in [3.63, 3.8) is 0 Å². The molecule has 0 aromatic rings. The average Bonchev–Trinajstić information content (AvgIpc) is 1.59. The third-order valence-electron chi connectivity index (χ3n) is 1.15. The molecule has 1 nitrogen and oxygen atoms in total. The Morgan fingerprint density at radius 1 is 1.40 bits per heavy atom. The van der Waals surface area contributed by atoms with Gasteiger partial charge in [0, 0.05) is 5.88 Å². The number of alkyl halides is 1. The van der Waals surface area contributed by atoms with E-state index >= 15 is 0 Å². The molecule has 0 aliphatic rings. The molecule has 0 fully saturated rings. The molecule has 0 aliphatic heterocycles. The fraction of sp³-hybridized carbons (Fsp3) is 0.750. The zero-order valence-electron chi connectivity index (χ0n) is 7.32. The molecule has 0 saturated heterocycles. The van der Waals surface area contributed by atoms with Crippen LogP contribution >= 0.6 is 11.6 Å². The van der Waals surface area contributed by atoms with Crippen molar-refractivity contribution in [1.29, 1.82) is 0 Å². The van der Waals surface area contributed by atoms with Crippen molar-refractivity contribution < 1.29 is 4.48 Å². The molecule has 0 aromatic carbocycles. The first-order chi connectivity index (χ1) is 4.45. The van der Waals surface area contributed by atoms with Gasteiger partial charge in [0.25, 0.3) is 0 Å². The predicted octanol–water partition coefficient (Wildman–Crippen LogP) is 1.88. The van der Waals surface area contributed by atoms with Crippen LogP contribution in [0.1, 0.15) is 6.92 Å². The SMILES string of the molecule is CC(=CCCl)C[N+](C)(C)C. The number of allylic oxidation sites excluding steroid dienone is 1. The van der Waals surface area contributed by atoms with Crippen LogP contribution in [0.15, 0.2) is 11.6 Å². The van der Waals surface area contributed by atoms with Crippen molar-refractivity contribution in [3.05, 3.63) is 11.6 Å². The Bertz CT molecular complexity index is 122. The molecule has 0 radical (unpaired) electrons. The monoisotopic (exact) mass is 162 g/mol. The highest BCUT2D eigenvalue weighted by Gasteiger charge is 2.06. The minimum atomic E-state index is 0.631. The second-order valence-electron chi connectivity index (χ2n) is 3.65. The van der Waals surface area contributed by atoms with Crippen molar-refractivity contribution in [1.82, 2.24) is 0 Å². The minimum absolute atomic E-state index is 0.631. The van der Waals surface area contributed by atoms with E-state index in [0.717, 1.165) is 11.0 Å². The molecule has 10 heavy (non-hydrogen) atoms. The molecule has 0 rings (SSSR count). The Balaban J connectivity index is 3.79. The topological polar surface area (TPSA) is 0 Å². The van der Waals surface area contributed by atoms with Gasteiger partial charge in [0.1, 0.15) is 0 Å². The van der Waals surface area contributed by atoms with Crippen molar-refractivity contribution in [3.8, 4) is 0 Å². The van der Waals surface area contributed by atoms with Gasteiger partial charge < -0.3 is 4.48 Å². The molecule has 0 amide bonds. The number of rotatable bonds is 3. The van der Waals surface area contributed by atoms with Crippen molar-refractivity contribution in [2.75, 3.05) is 33.6 Å². The van der Waals surface area contributed by atoms with E-state index in [1.807, 2.05) is 0 Å². The van der Waals surface area contributed by atoms with Gasteiger partial charge in [0.05, 0.1) is 27.7 Å². The predicted molar refractivity (Wildman–Crippen MR) is 47.4 cm³/mol. The van der Waals surface area contributed by atoms with Crippen LogP contribution in [0.3, 0.4) is 0 Å². The van der Waals surface area contributed by atoms with Gasteiger partial charge >= 0.3 is 0 Å². The lowest BCUT2D eigenvalue weighted by atomic mass is 10.2. The molecule has 0 saturated carbocycles. The van der Waals surface area contributed by atoms with Crippen LogP contribution in [-0.4, -0.2) is 38.1 Å². The summed E-state index contributed by atoms with van der Waals surface area (Å²) in [6, 6.07) is 0. The lowest BCUT2D eigenvalue weighted by molar-refractivity contribution is -0.865. The van der Waals surface area contributed by atoms with Gasteiger partial charge in [0.15, 0.2) is 0 Å². The number of hydrogen-bond acceptors (Lipinski definition) is 0. The first-order valence-corrected chi connectivity index (χ1v) is 4.01. The fourth-order valence-electron chi connectivity index (χ4n) is 0.944. The minimum Gasteiger partial charge on any atom is -0.327 e. The molecule has 0 bridgehead atoms. The molecule has 0 N–H and O–H groups in total. The van der Waals surface area contributed by atoms with Crippen LogP contribution in [-0.2, 0) is 0 Å². The average molecular weight is 163 g/mol. The molecule has 0 heterocycles. The van der Waals surface area contributed by atoms with Crippen molar-refractivity contribution in [2.45, 2.75) is 6.92 Å². The second-order valence-corrected chi connectivity index (χ2v) is 3.96. The lowest BCUT2D eigenvalue weighted by Crippen LogP contribution is -2.35. The largest absolute Gasteiger partial charge is 0.327 e. The molecular formula is C8H17ClN+. The van der Waals surface area contributed by atoms with E-state index in [9.17, 15) is 0 Å². The highest BCUT2D eigenvalue weighted by atomic mass is 35.5. The maximum atomic E-state index is 5.54. The number of halogens is 1.